The number of carbonyl (C=O) groups excluding carboxylic acids is 1. The summed E-state index contributed by atoms with van der Waals surface area (Å²) in [4.78, 5) is 12.2. The van der Waals surface area contributed by atoms with Crippen LogP contribution in [-0.4, -0.2) is 31.8 Å². The molecule has 1 N–H and O–H groups in total. The Hall–Kier alpha value is -2.69. The Morgan fingerprint density at radius 2 is 1.47 bits per heavy atom. The van der Waals surface area contributed by atoms with E-state index in [1.807, 2.05) is 0 Å². The molecule has 2 rings (SSSR count). The van der Waals surface area contributed by atoms with E-state index >= 15 is 0 Å². The van der Waals surface area contributed by atoms with Crippen LogP contribution >= 0.6 is 7.75 Å². The van der Waals surface area contributed by atoms with Gasteiger partial charge in [0.1, 0.15) is 17.9 Å². The molecule has 0 bridgehead atoms. The molecule has 0 radical (unpaired) electrons. The zero-order chi connectivity index (χ0) is 24.1. The number of esters is 1. The van der Waals surface area contributed by atoms with E-state index in [-0.39, 0.29) is 12.4 Å². The van der Waals surface area contributed by atoms with Crippen molar-refractivity contribution in [3.05, 3.63) is 59.4 Å². The Labute approximate surface area is 180 Å². The molecule has 0 aliphatic carbocycles. The van der Waals surface area contributed by atoms with Crippen molar-refractivity contribution in [3.8, 4) is 11.5 Å². The zero-order valence-corrected chi connectivity index (χ0v) is 17.9. The lowest BCUT2D eigenvalue weighted by Gasteiger charge is -2.24. The van der Waals surface area contributed by atoms with E-state index < -0.39 is 60.7 Å². The maximum atomic E-state index is 14.1. The minimum absolute atomic E-state index is 0.0394. The molecule has 0 saturated heterocycles. The van der Waals surface area contributed by atoms with Gasteiger partial charge in [0, 0.05) is 7.11 Å². The summed E-state index contributed by atoms with van der Waals surface area (Å²) in [5.41, 5.74) is 0. The van der Waals surface area contributed by atoms with Gasteiger partial charge in [-0.15, -0.1) is 0 Å². The first-order valence-corrected chi connectivity index (χ1v) is 10.6. The Bertz CT molecular complexity index is 980. The Morgan fingerprint density at radius 3 is 2.00 bits per heavy atom. The predicted octanol–water partition coefficient (Wildman–Crippen LogP) is 4.50. The minimum Gasteiger partial charge on any atom is -0.459 e. The molecule has 32 heavy (non-hydrogen) atoms. The maximum Gasteiger partial charge on any atom is 0.513 e. The SMILES string of the molecule is COC[C@H](C)OC(=O)C(C)NP(=O)(Oc1ccccc1)Oc1c(F)c(F)c(F)c(F)c1F. The summed E-state index contributed by atoms with van der Waals surface area (Å²) in [6.07, 6.45) is -0.706. The average molecular weight is 483 g/mol. The van der Waals surface area contributed by atoms with Gasteiger partial charge in [-0.1, -0.05) is 18.2 Å². The van der Waals surface area contributed by atoms with Crippen molar-refractivity contribution in [3.63, 3.8) is 0 Å². The third kappa shape index (κ3) is 6.18. The summed E-state index contributed by atoms with van der Waals surface area (Å²) < 4.78 is 101. The molecule has 3 atom stereocenters. The molecule has 0 saturated carbocycles. The van der Waals surface area contributed by atoms with Crippen molar-refractivity contribution in [2.75, 3.05) is 13.7 Å². The van der Waals surface area contributed by atoms with Gasteiger partial charge in [0.05, 0.1) is 6.61 Å². The summed E-state index contributed by atoms with van der Waals surface area (Å²) in [6.45, 7) is 2.70. The molecular formula is C19H19F5NO6P. The van der Waals surface area contributed by atoms with Crippen LogP contribution in [0.5, 0.6) is 11.5 Å². The number of nitrogens with one attached hydrogen (secondary N) is 1. The first kappa shape index (κ1) is 25.6. The van der Waals surface area contributed by atoms with E-state index in [9.17, 15) is 31.3 Å². The second-order valence-corrected chi connectivity index (χ2v) is 8.06. The normalized spacial score (nSPS) is 14.9. The number of methoxy groups -OCH3 is 1. The third-order valence-electron chi connectivity index (χ3n) is 3.77. The molecule has 0 heterocycles. The largest absolute Gasteiger partial charge is 0.513 e. The van der Waals surface area contributed by atoms with E-state index in [2.05, 4.69) is 9.61 Å². The molecule has 2 unspecified atom stereocenters. The number of ether oxygens (including phenoxy) is 2. The van der Waals surface area contributed by atoms with Crippen LogP contribution in [0, 0.1) is 29.1 Å². The second kappa shape index (κ2) is 10.8. The third-order valence-corrected chi connectivity index (χ3v) is 5.35. The average Bonchev–Trinajstić information content (AvgIpc) is 2.74. The molecule has 7 nitrogen and oxygen atoms in total. The lowest BCUT2D eigenvalue weighted by molar-refractivity contribution is -0.152. The molecule has 0 amide bonds. The van der Waals surface area contributed by atoms with Crippen LogP contribution < -0.4 is 14.1 Å². The van der Waals surface area contributed by atoms with Crippen molar-refractivity contribution in [1.82, 2.24) is 5.09 Å². The van der Waals surface area contributed by atoms with Crippen LogP contribution in [0.3, 0.4) is 0 Å². The highest BCUT2D eigenvalue weighted by atomic mass is 31.2. The van der Waals surface area contributed by atoms with Gasteiger partial charge >= 0.3 is 13.7 Å². The first-order chi connectivity index (χ1) is 15.0. The van der Waals surface area contributed by atoms with Gasteiger partial charge in [0.15, 0.2) is 0 Å². The van der Waals surface area contributed by atoms with Gasteiger partial charge in [-0.2, -0.15) is 13.9 Å². The van der Waals surface area contributed by atoms with Crippen LogP contribution in [0.4, 0.5) is 22.0 Å². The topological polar surface area (TPSA) is 83.1 Å². The maximum absolute atomic E-state index is 14.1. The van der Waals surface area contributed by atoms with Crippen LogP contribution in [-0.2, 0) is 18.8 Å². The van der Waals surface area contributed by atoms with Gasteiger partial charge < -0.3 is 18.5 Å². The van der Waals surface area contributed by atoms with E-state index in [0.717, 1.165) is 6.92 Å². The number of rotatable bonds is 10. The van der Waals surface area contributed by atoms with Crippen LogP contribution in [0.15, 0.2) is 30.3 Å². The number of carbonyl (C=O) groups is 1. The Balaban J connectivity index is 2.39. The van der Waals surface area contributed by atoms with E-state index in [1.165, 1.54) is 38.3 Å². The van der Waals surface area contributed by atoms with Crippen LogP contribution in [0.25, 0.3) is 0 Å². The fourth-order valence-corrected chi connectivity index (χ4v) is 3.86. The minimum atomic E-state index is -4.96. The monoisotopic (exact) mass is 483 g/mol. The fourth-order valence-electron chi connectivity index (χ4n) is 2.34. The quantitative estimate of drug-likeness (QED) is 0.175. The molecule has 13 heteroatoms. The van der Waals surface area contributed by atoms with Gasteiger partial charge in [0.25, 0.3) is 0 Å². The van der Waals surface area contributed by atoms with Crippen molar-refractivity contribution in [2.45, 2.75) is 26.0 Å². The lowest BCUT2D eigenvalue weighted by Crippen LogP contribution is -2.38. The molecule has 176 valence electrons. The Morgan fingerprint density at radius 1 is 0.938 bits per heavy atom. The van der Waals surface area contributed by atoms with Crippen molar-refractivity contribution >= 4 is 13.7 Å². The van der Waals surface area contributed by atoms with E-state index in [4.69, 9.17) is 14.0 Å². The number of hydrogen-bond donors (Lipinski definition) is 1. The number of halogens is 5. The molecule has 0 aromatic heterocycles. The van der Waals surface area contributed by atoms with Gasteiger partial charge in [-0.05, 0) is 26.0 Å². The molecular weight excluding hydrogens is 464 g/mol. The summed E-state index contributed by atoms with van der Waals surface area (Å²) in [5, 5.41) is 2.07. The standard InChI is InChI=1S/C19H19F5NO6P/c1-10(9-28-3)29-19(26)11(2)25-32(27,30-12-7-5-4-6-8-12)31-18-16(23)14(21)13(20)15(22)17(18)24/h4-8,10-11H,9H2,1-3H3,(H,25,27)/t10-,11?,32?/m0/s1. The molecule has 0 fully saturated rings. The Kier molecular flexibility index (Phi) is 8.59. The molecule has 2 aromatic rings. The highest BCUT2D eigenvalue weighted by molar-refractivity contribution is 7.52. The highest BCUT2D eigenvalue weighted by Crippen LogP contribution is 2.47. The summed E-state index contributed by atoms with van der Waals surface area (Å²) >= 11 is 0. The highest BCUT2D eigenvalue weighted by Gasteiger charge is 2.38. The molecule has 2 aromatic carbocycles. The summed E-state index contributed by atoms with van der Waals surface area (Å²) in [6, 6.07) is 5.56. The van der Waals surface area contributed by atoms with Crippen molar-refractivity contribution < 1.29 is 49.8 Å². The lowest BCUT2D eigenvalue weighted by atomic mass is 10.3. The van der Waals surface area contributed by atoms with E-state index in [1.54, 1.807) is 6.07 Å². The molecule has 0 aliphatic heterocycles. The second-order valence-electron chi connectivity index (χ2n) is 6.45. The summed E-state index contributed by atoms with van der Waals surface area (Å²) in [5.74, 6) is -14.8. The first-order valence-electron chi connectivity index (χ1n) is 9.02. The zero-order valence-electron chi connectivity index (χ0n) is 17.0. The smallest absolute Gasteiger partial charge is 0.459 e. The van der Waals surface area contributed by atoms with Crippen LogP contribution in [0.2, 0.25) is 0 Å². The number of para-hydroxylation sites is 1. The van der Waals surface area contributed by atoms with E-state index in [0.29, 0.717) is 0 Å². The molecule has 0 aliphatic rings. The summed E-state index contributed by atoms with van der Waals surface area (Å²) in [7, 11) is -3.59. The van der Waals surface area contributed by atoms with Gasteiger partial charge in [0.2, 0.25) is 34.8 Å². The number of hydrogen-bond acceptors (Lipinski definition) is 6. The van der Waals surface area contributed by atoms with Crippen molar-refractivity contribution in [2.24, 2.45) is 0 Å². The van der Waals surface area contributed by atoms with Crippen LogP contribution in [0.1, 0.15) is 13.8 Å². The predicted molar refractivity (Wildman–Crippen MR) is 102 cm³/mol. The van der Waals surface area contributed by atoms with Gasteiger partial charge in [-0.3, -0.25) is 4.79 Å². The van der Waals surface area contributed by atoms with Crippen molar-refractivity contribution in [1.29, 1.82) is 0 Å². The fraction of sp³-hybridized carbons (Fsp3) is 0.316. The van der Waals surface area contributed by atoms with Gasteiger partial charge in [-0.25, -0.2) is 17.7 Å². The molecule has 0 spiro atoms. The number of benzene rings is 2.